The number of hydrogen-bond donors (Lipinski definition) is 5. The van der Waals surface area contributed by atoms with E-state index >= 15 is 0 Å². The van der Waals surface area contributed by atoms with Gasteiger partial charge < -0.3 is 26.2 Å². The zero-order valence-electron chi connectivity index (χ0n) is 32.7. The molecule has 0 bridgehead atoms. The summed E-state index contributed by atoms with van der Waals surface area (Å²) in [7, 11) is -4.41. The van der Waals surface area contributed by atoms with E-state index in [1.807, 2.05) is 6.08 Å². The van der Waals surface area contributed by atoms with Gasteiger partial charge in [-0.2, -0.15) is 0 Å². The second-order valence-electron chi connectivity index (χ2n) is 14.0. The summed E-state index contributed by atoms with van der Waals surface area (Å²) >= 11 is 0. The highest BCUT2D eigenvalue weighted by atomic mass is 31.2. The molecule has 0 aliphatic heterocycles. The van der Waals surface area contributed by atoms with Gasteiger partial charge in [0.1, 0.15) is 0 Å². The monoisotopic (exact) mass is 743 g/mol. The third-order valence-corrected chi connectivity index (χ3v) is 9.99. The number of carbonyl (C=O) groups is 1. The molecule has 10 heteroatoms. The van der Waals surface area contributed by atoms with Gasteiger partial charge in [0, 0.05) is 6.54 Å². The molecule has 0 aromatic rings. The van der Waals surface area contributed by atoms with Gasteiger partial charge in [0.05, 0.1) is 37.9 Å². The molecule has 0 aliphatic carbocycles. The van der Waals surface area contributed by atoms with Crippen LogP contribution in [0, 0.1) is 0 Å². The normalized spacial score (nSPS) is 15.2. The predicted octanol–water partition coefficient (Wildman–Crippen LogP) is 10.1. The first kappa shape index (κ1) is 49.7. The fraction of sp³-hybridized carbons (Fsp3) is 0.829. The summed E-state index contributed by atoms with van der Waals surface area (Å²) in [6, 6.07) is -1.00. The van der Waals surface area contributed by atoms with Crippen molar-refractivity contribution in [1.82, 2.24) is 5.32 Å². The molecule has 0 heterocycles. The molecule has 0 saturated heterocycles. The fourth-order valence-corrected chi connectivity index (χ4v) is 6.61. The second kappa shape index (κ2) is 37.0. The van der Waals surface area contributed by atoms with Crippen LogP contribution in [0.25, 0.3) is 0 Å². The fourth-order valence-electron chi connectivity index (χ4n) is 5.85. The molecule has 0 spiro atoms. The molecule has 0 aromatic carbocycles. The Labute approximate surface area is 312 Å². The number of rotatable bonds is 38. The number of unbranched alkanes of at least 4 members (excludes halogenated alkanes) is 20. The van der Waals surface area contributed by atoms with Gasteiger partial charge in [-0.3, -0.25) is 13.8 Å². The van der Waals surface area contributed by atoms with Gasteiger partial charge in [0.15, 0.2) is 0 Å². The minimum Gasteiger partial charge on any atom is -0.393 e. The van der Waals surface area contributed by atoms with Crippen molar-refractivity contribution in [3.05, 3.63) is 36.5 Å². The molecule has 4 atom stereocenters. The average molecular weight is 743 g/mol. The molecule has 4 unspecified atom stereocenters. The minimum absolute atomic E-state index is 0.0426. The molecule has 0 radical (unpaired) electrons. The Morgan fingerprint density at radius 2 is 1.12 bits per heavy atom. The molecular formula is C41H79N2O7P. The van der Waals surface area contributed by atoms with E-state index < -0.39 is 38.6 Å². The van der Waals surface area contributed by atoms with Crippen LogP contribution in [0.4, 0.5) is 0 Å². The summed E-state index contributed by atoms with van der Waals surface area (Å²) < 4.78 is 22.0. The van der Waals surface area contributed by atoms with E-state index in [0.717, 1.165) is 44.9 Å². The molecule has 1 amide bonds. The van der Waals surface area contributed by atoms with Crippen LogP contribution in [0.2, 0.25) is 0 Å². The number of phosphoric acid groups is 1. The van der Waals surface area contributed by atoms with Crippen LogP contribution in [-0.4, -0.2) is 59.0 Å². The molecule has 300 valence electrons. The first-order valence-electron chi connectivity index (χ1n) is 20.7. The molecular weight excluding hydrogens is 663 g/mol. The van der Waals surface area contributed by atoms with Crippen LogP contribution in [0.1, 0.15) is 181 Å². The van der Waals surface area contributed by atoms with Crippen molar-refractivity contribution in [2.24, 2.45) is 5.73 Å². The number of nitrogens with one attached hydrogen (secondary N) is 1. The van der Waals surface area contributed by atoms with Crippen LogP contribution in [0.15, 0.2) is 36.5 Å². The van der Waals surface area contributed by atoms with Crippen LogP contribution < -0.4 is 11.1 Å². The number of aliphatic hydroxyl groups excluding tert-OH is 2. The van der Waals surface area contributed by atoms with E-state index in [4.69, 9.17) is 14.8 Å². The van der Waals surface area contributed by atoms with E-state index in [2.05, 4.69) is 43.5 Å². The average Bonchev–Trinajstić information content (AvgIpc) is 3.10. The third kappa shape index (κ3) is 35.5. The predicted molar refractivity (Wildman–Crippen MR) is 214 cm³/mol. The van der Waals surface area contributed by atoms with Gasteiger partial charge in [-0.1, -0.05) is 166 Å². The molecule has 0 rings (SSSR count). The summed E-state index contributed by atoms with van der Waals surface area (Å²) in [4.78, 5) is 22.7. The lowest BCUT2D eigenvalue weighted by Gasteiger charge is -2.24. The number of hydrogen-bond acceptors (Lipinski definition) is 7. The Morgan fingerprint density at radius 1 is 0.667 bits per heavy atom. The second-order valence-corrected chi connectivity index (χ2v) is 15.5. The van der Waals surface area contributed by atoms with Gasteiger partial charge in [0.2, 0.25) is 5.91 Å². The van der Waals surface area contributed by atoms with Crippen molar-refractivity contribution in [3.63, 3.8) is 0 Å². The maximum Gasteiger partial charge on any atom is 0.472 e. The maximum atomic E-state index is 12.8. The van der Waals surface area contributed by atoms with Crippen molar-refractivity contribution < 1.29 is 33.5 Å². The largest absolute Gasteiger partial charge is 0.472 e. The summed E-state index contributed by atoms with van der Waals surface area (Å²) in [6.45, 7) is 3.92. The molecule has 51 heavy (non-hydrogen) atoms. The van der Waals surface area contributed by atoms with E-state index in [9.17, 15) is 24.5 Å². The van der Waals surface area contributed by atoms with E-state index in [-0.39, 0.29) is 19.6 Å². The quantitative estimate of drug-likeness (QED) is 0.0238. The van der Waals surface area contributed by atoms with Crippen LogP contribution in [0.3, 0.4) is 0 Å². The smallest absolute Gasteiger partial charge is 0.393 e. The molecule has 0 saturated carbocycles. The first-order chi connectivity index (χ1) is 24.8. The SMILES string of the molecule is CCCCCCCCC/C=C/CC/C=C/CC/C=C/C(O)C(COP(=O)(O)OCCN)NC(=O)CC(O)CCCCCCCCCCCCCC. The highest BCUT2D eigenvalue weighted by Crippen LogP contribution is 2.43. The third-order valence-electron chi connectivity index (χ3n) is 9.00. The molecule has 9 nitrogen and oxygen atoms in total. The maximum absolute atomic E-state index is 12.8. The Kier molecular flexibility index (Phi) is 36.1. The summed E-state index contributed by atoms with van der Waals surface area (Å²) in [5.41, 5.74) is 5.35. The van der Waals surface area contributed by atoms with Crippen molar-refractivity contribution >= 4 is 13.7 Å². The lowest BCUT2D eigenvalue weighted by Crippen LogP contribution is -2.46. The van der Waals surface area contributed by atoms with Crippen LogP contribution >= 0.6 is 7.82 Å². The molecule has 0 aromatic heterocycles. The van der Waals surface area contributed by atoms with E-state index in [1.54, 1.807) is 6.08 Å². The highest BCUT2D eigenvalue weighted by Gasteiger charge is 2.27. The summed E-state index contributed by atoms with van der Waals surface area (Å²) in [6.07, 6.45) is 39.4. The number of aliphatic hydroxyl groups is 2. The van der Waals surface area contributed by atoms with E-state index in [0.29, 0.717) is 12.8 Å². The van der Waals surface area contributed by atoms with Crippen LogP contribution in [-0.2, 0) is 18.4 Å². The Bertz CT molecular complexity index is 914. The number of phosphoric ester groups is 1. The number of allylic oxidation sites excluding steroid dienone is 5. The van der Waals surface area contributed by atoms with Crippen molar-refractivity contribution in [3.8, 4) is 0 Å². The van der Waals surface area contributed by atoms with E-state index in [1.165, 1.54) is 103 Å². The van der Waals surface area contributed by atoms with Gasteiger partial charge in [-0.25, -0.2) is 4.57 Å². The molecule has 0 fully saturated rings. The standard InChI is InChI=1S/C41H79N2O7P/c1-3-5-7-9-11-13-15-17-18-19-20-21-23-25-27-29-31-33-40(45)39(37-50-51(47,48)49-35-34-42)43-41(46)36-38(44)32-30-28-26-24-22-16-14-12-10-8-6-4-2/h18-19,23,25,31,33,38-40,44-45H,3-17,20-22,24,26-30,32,34-37,42H2,1-2H3,(H,43,46)(H,47,48)/b19-18+,25-23+,33-31+. The molecule has 0 aliphatic rings. The Balaban J connectivity index is 4.46. The lowest BCUT2D eigenvalue weighted by atomic mass is 10.0. The topological polar surface area (TPSA) is 151 Å². The van der Waals surface area contributed by atoms with Crippen molar-refractivity contribution in [2.45, 2.75) is 199 Å². The molecule has 6 N–H and O–H groups in total. The van der Waals surface area contributed by atoms with Crippen molar-refractivity contribution in [1.29, 1.82) is 0 Å². The van der Waals surface area contributed by atoms with Gasteiger partial charge in [-0.15, -0.1) is 0 Å². The lowest BCUT2D eigenvalue weighted by molar-refractivity contribution is -0.124. The van der Waals surface area contributed by atoms with Gasteiger partial charge >= 0.3 is 7.82 Å². The van der Waals surface area contributed by atoms with Gasteiger partial charge in [0.25, 0.3) is 0 Å². The summed E-state index contributed by atoms with van der Waals surface area (Å²) in [5, 5.41) is 23.9. The number of carbonyl (C=O) groups excluding carboxylic acids is 1. The number of amides is 1. The number of nitrogens with two attached hydrogens (primary N) is 1. The van der Waals surface area contributed by atoms with Gasteiger partial charge in [-0.05, 0) is 44.9 Å². The first-order valence-corrected chi connectivity index (χ1v) is 22.2. The summed E-state index contributed by atoms with van der Waals surface area (Å²) in [5.74, 6) is -0.461. The highest BCUT2D eigenvalue weighted by molar-refractivity contribution is 7.47. The van der Waals surface area contributed by atoms with Crippen molar-refractivity contribution in [2.75, 3.05) is 19.8 Å². The minimum atomic E-state index is -4.41. The van der Waals surface area contributed by atoms with Crippen LogP contribution in [0.5, 0.6) is 0 Å². The zero-order valence-corrected chi connectivity index (χ0v) is 33.6. The Morgan fingerprint density at radius 3 is 1.63 bits per heavy atom. The zero-order chi connectivity index (χ0) is 37.7. The Hall–Kier alpha value is -1.32.